The minimum Gasteiger partial charge on any atom is -0.378 e. The highest BCUT2D eigenvalue weighted by molar-refractivity contribution is 5.81. The number of nitrogens with zero attached hydrogens (tertiary/aromatic N) is 2. The topological polar surface area (TPSA) is 94.0 Å². The highest BCUT2D eigenvalue weighted by atomic mass is 16.6. The number of nitrogens with one attached hydrogen (secondary N) is 1. The maximum absolute atomic E-state index is 12.1. The van der Waals surface area contributed by atoms with E-state index in [4.69, 9.17) is 5.73 Å². The van der Waals surface area contributed by atoms with Gasteiger partial charge in [0, 0.05) is 18.9 Å². The number of carbonyl (C=O) groups is 1. The third-order valence-corrected chi connectivity index (χ3v) is 4.45. The van der Waals surface area contributed by atoms with E-state index in [0.29, 0.717) is 24.6 Å². The molecule has 0 spiro atoms. The lowest BCUT2D eigenvalue weighted by molar-refractivity contribution is -0.120. The van der Waals surface area contributed by atoms with E-state index in [1.54, 1.807) is 0 Å². The number of Topliss-reactive ketones (excluding diaryl/α,β-unsaturated/α-hetero) is 1. The van der Waals surface area contributed by atoms with Gasteiger partial charge in [-0.1, -0.05) is 38.1 Å². The average molecular weight is 314 g/mol. The summed E-state index contributed by atoms with van der Waals surface area (Å²) < 4.78 is 4.59. The first-order chi connectivity index (χ1) is 11.0. The van der Waals surface area contributed by atoms with Gasteiger partial charge >= 0.3 is 0 Å². The van der Waals surface area contributed by atoms with E-state index in [2.05, 4.69) is 58.4 Å². The third-order valence-electron chi connectivity index (χ3n) is 4.45. The Morgan fingerprint density at radius 3 is 2.57 bits per heavy atom. The number of carbonyl (C=O) groups excluding carboxylic acids is 1. The number of nitrogen functional groups attached to an aromatic ring is 1. The summed E-state index contributed by atoms with van der Waals surface area (Å²) in [5.41, 5.74) is 8.19. The zero-order chi connectivity index (χ0) is 16.4. The van der Waals surface area contributed by atoms with Crippen molar-refractivity contribution in [3.05, 3.63) is 35.4 Å². The molecule has 0 aliphatic heterocycles. The molecule has 0 unspecified atom stereocenters. The first-order valence-electron chi connectivity index (χ1n) is 7.99. The van der Waals surface area contributed by atoms with E-state index in [1.807, 2.05) is 0 Å². The lowest BCUT2D eigenvalue weighted by atomic mass is 9.80. The second kappa shape index (κ2) is 6.40. The van der Waals surface area contributed by atoms with Crippen molar-refractivity contribution in [1.29, 1.82) is 0 Å². The highest BCUT2D eigenvalue weighted by Crippen LogP contribution is 2.33. The Labute approximate surface area is 135 Å². The van der Waals surface area contributed by atoms with Crippen molar-refractivity contribution in [1.82, 2.24) is 10.3 Å². The predicted octanol–water partition coefficient (Wildman–Crippen LogP) is 3.09. The molecule has 6 heteroatoms. The summed E-state index contributed by atoms with van der Waals surface area (Å²) in [7, 11) is 0. The monoisotopic (exact) mass is 314 g/mol. The Kier molecular flexibility index (Phi) is 4.32. The molecule has 3 rings (SSSR count). The van der Waals surface area contributed by atoms with Crippen LogP contribution in [0, 0.1) is 0 Å². The Hall–Kier alpha value is -2.37. The van der Waals surface area contributed by atoms with Crippen molar-refractivity contribution in [3.63, 3.8) is 0 Å². The normalized spacial score (nSPS) is 21.6. The molecule has 0 saturated heterocycles. The predicted molar refractivity (Wildman–Crippen MR) is 88.3 cm³/mol. The van der Waals surface area contributed by atoms with Gasteiger partial charge in [-0.2, -0.15) is 0 Å². The summed E-state index contributed by atoms with van der Waals surface area (Å²) in [6.45, 7) is 4.35. The van der Waals surface area contributed by atoms with Crippen LogP contribution < -0.4 is 11.1 Å². The number of hydrogen-bond donors (Lipinski definition) is 2. The van der Waals surface area contributed by atoms with Gasteiger partial charge in [0.25, 0.3) is 0 Å². The molecule has 23 heavy (non-hydrogen) atoms. The number of nitrogens with two attached hydrogens (primary N) is 1. The van der Waals surface area contributed by atoms with Crippen molar-refractivity contribution in [2.45, 2.75) is 51.0 Å². The fourth-order valence-corrected chi connectivity index (χ4v) is 3.15. The number of hydrogen-bond acceptors (Lipinski definition) is 6. The third kappa shape index (κ3) is 3.52. The van der Waals surface area contributed by atoms with Crippen LogP contribution >= 0.6 is 0 Å². The number of aromatic nitrogens is 2. The molecule has 1 aromatic carbocycles. The Morgan fingerprint density at radius 1 is 1.22 bits per heavy atom. The van der Waals surface area contributed by atoms with Gasteiger partial charge < -0.3 is 11.1 Å². The van der Waals surface area contributed by atoms with E-state index in [1.165, 1.54) is 11.1 Å². The second-order valence-corrected chi connectivity index (χ2v) is 6.54. The standard InChI is InChI=1S/C17H22N4O2/c1-10(2)11-3-5-12(6-4-11)13-7-14(9-15(22)8-13)19-17-16(18)20-23-21-17/h3-6,10,13-14H,7-9H2,1-2H3,(H2,18,20)(H,19,21)/t13-,14+/m0/s1. The summed E-state index contributed by atoms with van der Waals surface area (Å²) in [6, 6.07) is 8.59. The van der Waals surface area contributed by atoms with Gasteiger partial charge in [-0.15, -0.1) is 0 Å². The van der Waals surface area contributed by atoms with Crippen molar-refractivity contribution in [2.75, 3.05) is 11.1 Å². The van der Waals surface area contributed by atoms with Crippen LogP contribution in [0.25, 0.3) is 0 Å². The van der Waals surface area contributed by atoms with Crippen LogP contribution in [0.3, 0.4) is 0 Å². The van der Waals surface area contributed by atoms with Crippen molar-refractivity contribution in [3.8, 4) is 0 Å². The molecule has 1 aliphatic carbocycles. The van der Waals surface area contributed by atoms with Crippen LogP contribution in [-0.4, -0.2) is 22.1 Å². The van der Waals surface area contributed by atoms with Crippen LogP contribution in [0.4, 0.5) is 11.6 Å². The van der Waals surface area contributed by atoms with Crippen LogP contribution in [0.5, 0.6) is 0 Å². The van der Waals surface area contributed by atoms with E-state index < -0.39 is 0 Å². The molecular formula is C17H22N4O2. The van der Waals surface area contributed by atoms with Crippen molar-refractivity contribution < 1.29 is 9.42 Å². The minimum atomic E-state index is 0.000209. The zero-order valence-corrected chi connectivity index (χ0v) is 13.5. The van der Waals surface area contributed by atoms with Crippen LogP contribution in [0.15, 0.2) is 28.9 Å². The molecule has 1 aromatic heterocycles. The lowest BCUT2D eigenvalue weighted by Gasteiger charge is -2.29. The van der Waals surface area contributed by atoms with Gasteiger partial charge in [-0.25, -0.2) is 4.63 Å². The Morgan fingerprint density at radius 2 is 1.96 bits per heavy atom. The molecule has 1 saturated carbocycles. The molecule has 0 radical (unpaired) electrons. The van der Waals surface area contributed by atoms with E-state index in [0.717, 1.165) is 6.42 Å². The number of ketones is 1. The highest BCUT2D eigenvalue weighted by Gasteiger charge is 2.29. The lowest BCUT2D eigenvalue weighted by Crippen LogP contribution is -2.31. The molecular weight excluding hydrogens is 292 g/mol. The minimum absolute atomic E-state index is 0.000209. The van der Waals surface area contributed by atoms with Gasteiger partial charge in [-0.3, -0.25) is 4.79 Å². The molecule has 2 atom stereocenters. The average Bonchev–Trinajstić information content (AvgIpc) is 2.92. The van der Waals surface area contributed by atoms with E-state index in [-0.39, 0.29) is 23.6 Å². The van der Waals surface area contributed by atoms with Crippen LogP contribution in [0.2, 0.25) is 0 Å². The fourth-order valence-electron chi connectivity index (χ4n) is 3.15. The molecule has 1 fully saturated rings. The quantitative estimate of drug-likeness (QED) is 0.900. The van der Waals surface area contributed by atoms with E-state index >= 15 is 0 Å². The van der Waals surface area contributed by atoms with Gasteiger partial charge in [0.05, 0.1) is 0 Å². The number of benzene rings is 1. The van der Waals surface area contributed by atoms with Gasteiger partial charge in [0.1, 0.15) is 5.78 Å². The molecule has 0 amide bonds. The number of anilines is 2. The maximum Gasteiger partial charge on any atom is 0.215 e. The van der Waals surface area contributed by atoms with Gasteiger partial charge in [0.2, 0.25) is 11.6 Å². The molecule has 3 N–H and O–H groups in total. The van der Waals surface area contributed by atoms with Crippen LogP contribution in [0.1, 0.15) is 56.1 Å². The summed E-state index contributed by atoms with van der Waals surface area (Å²) in [4.78, 5) is 12.1. The second-order valence-electron chi connectivity index (χ2n) is 6.54. The molecule has 122 valence electrons. The first kappa shape index (κ1) is 15.5. The fraction of sp³-hybridized carbons (Fsp3) is 0.471. The van der Waals surface area contributed by atoms with Crippen molar-refractivity contribution in [2.24, 2.45) is 0 Å². The summed E-state index contributed by atoms with van der Waals surface area (Å²) in [5.74, 6) is 1.62. The largest absolute Gasteiger partial charge is 0.378 e. The van der Waals surface area contributed by atoms with Crippen molar-refractivity contribution >= 4 is 17.4 Å². The SMILES string of the molecule is CC(C)c1ccc([C@@H]2CC(=O)C[C@H](Nc3nonc3N)C2)cc1. The smallest absolute Gasteiger partial charge is 0.215 e. The maximum atomic E-state index is 12.1. The summed E-state index contributed by atoms with van der Waals surface area (Å²) in [6.07, 6.45) is 1.93. The Balaban J connectivity index is 1.72. The number of rotatable bonds is 4. The zero-order valence-electron chi connectivity index (χ0n) is 13.5. The summed E-state index contributed by atoms with van der Waals surface area (Å²) in [5, 5.41) is 10.5. The van der Waals surface area contributed by atoms with Crippen LogP contribution in [-0.2, 0) is 4.79 Å². The Bertz CT molecular complexity index is 678. The van der Waals surface area contributed by atoms with Gasteiger partial charge in [-0.05, 0) is 39.7 Å². The summed E-state index contributed by atoms with van der Waals surface area (Å²) >= 11 is 0. The molecule has 2 aromatic rings. The molecule has 1 aliphatic rings. The molecule has 6 nitrogen and oxygen atoms in total. The van der Waals surface area contributed by atoms with E-state index in [9.17, 15) is 4.79 Å². The molecule has 1 heterocycles. The first-order valence-corrected chi connectivity index (χ1v) is 7.99. The van der Waals surface area contributed by atoms with Gasteiger partial charge in [0.15, 0.2) is 0 Å². The molecule has 0 bridgehead atoms.